The van der Waals surface area contributed by atoms with E-state index in [1.54, 1.807) is 0 Å². The Morgan fingerprint density at radius 2 is 2.00 bits per heavy atom. The summed E-state index contributed by atoms with van der Waals surface area (Å²) in [7, 11) is 0. The van der Waals surface area contributed by atoms with Crippen LogP contribution >= 0.6 is 0 Å². The van der Waals surface area contributed by atoms with Gasteiger partial charge in [0, 0.05) is 6.61 Å². The highest BCUT2D eigenvalue weighted by Gasteiger charge is 2.21. The summed E-state index contributed by atoms with van der Waals surface area (Å²) in [6.07, 6.45) is 0.424. The summed E-state index contributed by atoms with van der Waals surface area (Å²) in [6.45, 7) is 10.2. The lowest BCUT2D eigenvalue weighted by Crippen LogP contribution is -2.20. The summed E-state index contributed by atoms with van der Waals surface area (Å²) in [5.74, 6) is 0.798. The average Bonchev–Trinajstić information content (AvgIpc) is 2.32. The predicted molar refractivity (Wildman–Crippen MR) is 72.8 cm³/mol. The molecule has 0 aromatic heterocycles. The molecule has 2 atom stereocenters. The number of hydrogen-bond acceptors (Lipinski definition) is 3. The van der Waals surface area contributed by atoms with Gasteiger partial charge in [0.2, 0.25) is 0 Å². The molecule has 0 amide bonds. The van der Waals surface area contributed by atoms with E-state index in [1.807, 2.05) is 52.8 Å². The zero-order valence-corrected chi connectivity index (χ0v) is 12.0. The van der Waals surface area contributed by atoms with E-state index in [0.29, 0.717) is 13.0 Å². The van der Waals surface area contributed by atoms with Crippen LogP contribution in [0.4, 0.5) is 0 Å². The molecule has 102 valence electrons. The molecule has 0 saturated heterocycles. The fourth-order valence-corrected chi connectivity index (χ4v) is 1.77. The third kappa shape index (κ3) is 3.72. The Morgan fingerprint density at radius 3 is 2.50 bits per heavy atom. The molecule has 1 rings (SSSR count). The second-order valence-electron chi connectivity index (χ2n) is 4.75. The van der Waals surface area contributed by atoms with Crippen LogP contribution in [-0.2, 0) is 10.3 Å². The van der Waals surface area contributed by atoms with Gasteiger partial charge in [-0.05, 0) is 57.4 Å². The molecule has 0 aliphatic rings. The van der Waals surface area contributed by atoms with Crippen molar-refractivity contribution in [3.8, 4) is 5.75 Å². The summed E-state index contributed by atoms with van der Waals surface area (Å²) in [6, 6.07) is 5.77. The predicted octanol–water partition coefficient (Wildman–Crippen LogP) is 3.37. The van der Waals surface area contributed by atoms with Gasteiger partial charge in [0.1, 0.15) is 5.75 Å². The van der Waals surface area contributed by atoms with Crippen molar-refractivity contribution in [2.24, 2.45) is 0 Å². The van der Waals surface area contributed by atoms with Gasteiger partial charge in [-0.25, -0.2) is 0 Å². The molecule has 1 aromatic rings. The van der Waals surface area contributed by atoms with Gasteiger partial charge >= 0.3 is 0 Å². The lowest BCUT2D eigenvalue weighted by Gasteiger charge is -2.23. The molecule has 3 heteroatoms. The first-order valence-electron chi connectivity index (χ1n) is 6.52. The first-order chi connectivity index (χ1) is 8.40. The van der Waals surface area contributed by atoms with Crippen LogP contribution in [0.5, 0.6) is 5.75 Å². The van der Waals surface area contributed by atoms with Crippen molar-refractivity contribution >= 4 is 0 Å². The molecular formula is C15H24O3. The van der Waals surface area contributed by atoms with Gasteiger partial charge < -0.3 is 14.6 Å². The molecule has 0 saturated carbocycles. The topological polar surface area (TPSA) is 38.7 Å². The lowest BCUT2D eigenvalue weighted by molar-refractivity contribution is -0.0617. The molecule has 0 fully saturated rings. The fraction of sp³-hybridized carbons (Fsp3) is 0.600. The molecule has 0 aliphatic carbocycles. The van der Waals surface area contributed by atoms with Crippen LogP contribution in [-0.4, -0.2) is 18.0 Å². The fourth-order valence-electron chi connectivity index (χ4n) is 1.77. The SMILES string of the molecule is CCOC(C)Oc1ccc(C(C)(O)CC)cc1C. The van der Waals surface area contributed by atoms with Gasteiger partial charge in [-0.15, -0.1) is 0 Å². The zero-order valence-electron chi connectivity index (χ0n) is 12.0. The molecule has 0 bridgehead atoms. The molecule has 0 radical (unpaired) electrons. The Morgan fingerprint density at radius 1 is 1.33 bits per heavy atom. The molecular weight excluding hydrogens is 228 g/mol. The van der Waals surface area contributed by atoms with E-state index in [9.17, 15) is 5.11 Å². The summed E-state index contributed by atoms with van der Waals surface area (Å²) < 4.78 is 11.0. The Balaban J connectivity index is 2.86. The molecule has 2 unspecified atom stereocenters. The maximum Gasteiger partial charge on any atom is 0.196 e. The molecule has 0 aliphatic heterocycles. The first kappa shape index (κ1) is 15.0. The molecule has 0 spiro atoms. The van der Waals surface area contributed by atoms with Gasteiger partial charge in [0.15, 0.2) is 6.29 Å². The summed E-state index contributed by atoms with van der Waals surface area (Å²) in [5.41, 5.74) is 1.14. The maximum absolute atomic E-state index is 10.2. The second kappa shape index (κ2) is 6.21. The van der Waals surface area contributed by atoms with Gasteiger partial charge in [-0.1, -0.05) is 13.0 Å². The third-order valence-corrected chi connectivity index (χ3v) is 3.18. The Hall–Kier alpha value is -1.06. The second-order valence-corrected chi connectivity index (χ2v) is 4.75. The highest BCUT2D eigenvalue weighted by atomic mass is 16.7. The number of hydrogen-bond donors (Lipinski definition) is 1. The highest BCUT2D eigenvalue weighted by molar-refractivity contribution is 5.38. The van der Waals surface area contributed by atoms with Gasteiger partial charge in [0.25, 0.3) is 0 Å². The van der Waals surface area contributed by atoms with Crippen LogP contribution in [0.3, 0.4) is 0 Å². The normalized spacial score (nSPS) is 16.1. The van der Waals surface area contributed by atoms with Crippen molar-refractivity contribution in [2.45, 2.75) is 52.9 Å². The Labute approximate surface area is 110 Å². The smallest absolute Gasteiger partial charge is 0.196 e. The van der Waals surface area contributed by atoms with E-state index < -0.39 is 5.60 Å². The maximum atomic E-state index is 10.2. The van der Waals surface area contributed by atoms with Crippen molar-refractivity contribution in [1.29, 1.82) is 0 Å². The number of ether oxygens (including phenoxy) is 2. The lowest BCUT2D eigenvalue weighted by atomic mass is 9.92. The number of aliphatic hydroxyl groups is 1. The standard InChI is InChI=1S/C15H24O3/c1-6-15(5,16)13-8-9-14(11(3)10-13)18-12(4)17-7-2/h8-10,12,16H,6-7H2,1-5H3. The summed E-state index contributed by atoms with van der Waals surface area (Å²) >= 11 is 0. The Kier molecular flexibility index (Phi) is 5.17. The highest BCUT2D eigenvalue weighted by Crippen LogP contribution is 2.29. The van der Waals surface area contributed by atoms with Crippen LogP contribution in [0.25, 0.3) is 0 Å². The molecule has 1 N–H and O–H groups in total. The van der Waals surface area contributed by atoms with E-state index in [2.05, 4.69) is 0 Å². The van der Waals surface area contributed by atoms with Crippen molar-refractivity contribution < 1.29 is 14.6 Å². The van der Waals surface area contributed by atoms with Gasteiger partial charge in [0.05, 0.1) is 5.60 Å². The molecule has 18 heavy (non-hydrogen) atoms. The largest absolute Gasteiger partial charge is 0.465 e. The number of benzene rings is 1. The molecule has 0 heterocycles. The van der Waals surface area contributed by atoms with Gasteiger partial charge in [-0.3, -0.25) is 0 Å². The molecule has 3 nitrogen and oxygen atoms in total. The Bertz CT molecular complexity index is 385. The summed E-state index contributed by atoms with van der Waals surface area (Å²) in [4.78, 5) is 0. The minimum atomic E-state index is -0.783. The van der Waals surface area contributed by atoms with E-state index in [-0.39, 0.29) is 6.29 Å². The monoisotopic (exact) mass is 252 g/mol. The van der Waals surface area contributed by atoms with Crippen LogP contribution in [0.2, 0.25) is 0 Å². The van der Waals surface area contributed by atoms with Crippen LogP contribution in [0.1, 0.15) is 45.2 Å². The van der Waals surface area contributed by atoms with Crippen molar-refractivity contribution in [3.05, 3.63) is 29.3 Å². The average molecular weight is 252 g/mol. The minimum Gasteiger partial charge on any atom is -0.465 e. The van der Waals surface area contributed by atoms with Crippen LogP contribution in [0.15, 0.2) is 18.2 Å². The van der Waals surface area contributed by atoms with Crippen molar-refractivity contribution in [1.82, 2.24) is 0 Å². The quantitative estimate of drug-likeness (QED) is 0.789. The zero-order chi connectivity index (χ0) is 13.8. The van der Waals surface area contributed by atoms with Gasteiger partial charge in [-0.2, -0.15) is 0 Å². The summed E-state index contributed by atoms with van der Waals surface area (Å²) in [5, 5.41) is 10.2. The first-order valence-corrected chi connectivity index (χ1v) is 6.52. The minimum absolute atomic E-state index is 0.258. The number of rotatable bonds is 6. The van der Waals surface area contributed by atoms with E-state index in [0.717, 1.165) is 16.9 Å². The van der Waals surface area contributed by atoms with E-state index >= 15 is 0 Å². The number of aryl methyl sites for hydroxylation is 1. The van der Waals surface area contributed by atoms with Crippen LogP contribution in [0, 0.1) is 6.92 Å². The third-order valence-electron chi connectivity index (χ3n) is 3.18. The van der Waals surface area contributed by atoms with E-state index in [4.69, 9.17) is 9.47 Å². The van der Waals surface area contributed by atoms with Crippen LogP contribution < -0.4 is 4.74 Å². The van der Waals surface area contributed by atoms with E-state index in [1.165, 1.54) is 0 Å². The van der Waals surface area contributed by atoms with Crippen molar-refractivity contribution in [3.63, 3.8) is 0 Å². The molecule has 1 aromatic carbocycles. The van der Waals surface area contributed by atoms with Crippen molar-refractivity contribution in [2.75, 3.05) is 6.61 Å².